The average Bonchev–Trinajstić information content (AvgIpc) is 3.32. The molecular weight excluding hydrogens is 606 g/mol. The van der Waals surface area contributed by atoms with Crippen LogP contribution in [0.5, 0.6) is 23.0 Å². The van der Waals surface area contributed by atoms with Crippen LogP contribution >= 0.6 is 0 Å². The Balaban J connectivity index is 1.33. The van der Waals surface area contributed by atoms with Crippen LogP contribution in [0, 0.1) is 0 Å². The van der Waals surface area contributed by atoms with Crippen molar-refractivity contribution >= 4 is 23.8 Å². The van der Waals surface area contributed by atoms with Crippen LogP contribution in [0.15, 0.2) is 54.6 Å². The van der Waals surface area contributed by atoms with Crippen LogP contribution < -0.4 is 19.5 Å². The van der Waals surface area contributed by atoms with Crippen molar-refractivity contribution in [2.75, 3.05) is 33.0 Å². The molecule has 3 aromatic rings. The summed E-state index contributed by atoms with van der Waals surface area (Å²) in [7, 11) is 0. The zero-order valence-corrected chi connectivity index (χ0v) is 26.8. The van der Waals surface area contributed by atoms with E-state index in [4.69, 9.17) is 28.4 Å². The maximum absolute atomic E-state index is 13.3. The molecule has 0 saturated carbocycles. The minimum atomic E-state index is -1.51. The van der Waals surface area contributed by atoms with Gasteiger partial charge >= 0.3 is 17.9 Å². The maximum atomic E-state index is 13.3. The molecule has 3 aromatic carbocycles. The van der Waals surface area contributed by atoms with Gasteiger partial charge in [0.05, 0.1) is 25.4 Å². The van der Waals surface area contributed by atoms with Crippen LogP contribution in [0.25, 0.3) is 0 Å². The predicted molar refractivity (Wildman–Crippen MR) is 170 cm³/mol. The van der Waals surface area contributed by atoms with Gasteiger partial charge in [0, 0.05) is 61.4 Å². The van der Waals surface area contributed by atoms with E-state index in [2.05, 4.69) is 12.2 Å². The lowest BCUT2D eigenvalue weighted by Crippen LogP contribution is -2.33. The van der Waals surface area contributed by atoms with E-state index in [0.29, 0.717) is 42.1 Å². The van der Waals surface area contributed by atoms with Gasteiger partial charge in [0.1, 0.15) is 23.0 Å². The molecule has 0 atom stereocenters. The first-order valence-corrected chi connectivity index (χ1v) is 15.9. The number of fused-ring (bicyclic) bond motifs is 6. The molecule has 47 heavy (non-hydrogen) atoms. The zero-order chi connectivity index (χ0) is 33.4. The summed E-state index contributed by atoms with van der Waals surface area (Å²) in [5, 5.41) is 2.86. The van der Waals surface area contributed by atoms with Gasteiger partial charge < -0.3 is 33.7 Å². The van der Waals surface area contributed by atoms with Gasteiger partial charge in [-0.2, -0.15) is 0 Å². The number of rotatable bonds is 15. The van der Waals surface area contributed by atoms with Crippen molar-refractivity contribution in [3.8, 4) is 23.0 Å². The average molecular weight is 646 g/mol. The smallest absolute Gasteiger partial charge is 0.340 e. The zero-order valence-electron chi connectivity index (χ0n) is 26.8. The highest BCUT2D eigenvalue weighted by atomic mass is 16.6. The fraction of sp³-hybridized carbons (Fsp3) is 0.389. The summed E-state index contributed by atoms with van der Waals surface area (Å²) >= 11 is 0. The van der Waals surface area contributed by atoms with Gasteiger partial charge in [0.25, 0.3) is 5.91 Å². The molecule has 0 aliphatic carbocycles. The van der Waals surface area contributed by atoms with Crippen LogP contribution in [0.3, 0.4) is 0 Å². The van der Waals surface area contributed by atoms with Crippen molar-refractivity contribution in [1.29, 1.82) is 0 Å². The normalized spacial score (nSPS) is 13.6. The Kier molecular flexibility index (Phi) is 10.9. The predicted octanol–water partition coefficient (Wildman–Crippen LogP) is 5.84. The maximum Gasteiger partial charge on any atom is 0.340 e. The fourth-order valence-corrected chi connectivity index (χ4v) is 5.75. The summed E-state index contributed by atoms with van der Waals surface area (Å²) < 4.78 is 34.1. The molecule has 11 nitrogen and oxygen atoms in total. The molecule has 2 aliphatic rings. The van der Waals surface area contributed by atoms with Crippen LogP contribution in [0.2, 0.25) is 0 Å². The summed E-state index contributed by atoms with van der Waals surface area (Å²) in [5.41, 5.74) is 0.445. The molecule has 5 rings (SSSR count). The van der Waals surface area contributed by atoms with Crippen LogP contribution in [-0.4, -0.2) is 56.8 Å². The number of unbranched alkanes of at least 4 members (excludes halogenated alkanes) is 4. The molecule has 0 unspecified atom stereocenters. The molecule has 248 valence electrons. The van der Waals surface area contributed by atoms with E-state index in [1.807, 2.05) is 0 Å². The summed E-state index contributed by atoms with van der Waals surface area (Å²) in [5.74, 6) is -1.03. The third kappa shape index (κ3) is 7.64. The fourth-order valence-electron chi connectivity index (χ4n) is 5.75. The van der Waals surface area contributed by atoms with Gasteiger partial charge in [-0.1, -0.05) is 32.6 Å². The van der Waals surface area contributed by atoms with Crippen LogP contribution in [-0.2, 0) is 29.4 Å². The topological polar surface area (TPSA) is 136 Å². The number of nitrogens with one attached hydrogen (secondary N) is 1. The second kappa shape index (κ2) is 15.2. The van der Waals surface area contributed by atoms with Crippen molar-refractivity contribution in [2.45, 2.75) is 58.5 Å². The first-order chi connectivity index (χ1) is 22.7. The Morgan fingerprint density at radius 3 is 1.96 bits per heavy atom. The molecule has 2 heterocycles. The second-order valence-corrected chi connectivity index (χ2v) is 11.3. The Bertz CT molecular complexity index is 1580. The SMILES string of the molecule is CCCCCCCOCCOCCNC(=O)c1ccc2c(c1)C1(OC2=O)c2ccc(OC(C)=O)cc2Oc2cc(OC(C)=O)ccc21. The number of carbonyl (C=O) groups excluding carboxylic acids is 4. The van der Waals surface area contributed by atoms with Crippen LogP contribution in [0.4, 0.5) is 0 Å². The van der Waals surface area contributed by atoms with Crippen molar-refractivity contribution in [3.63, 3.8) is 0 Å². The quantitative estimate of drug-likeness (QED) is 0.122. The molecule has 0 aromatic heterocycles. The van der Waals surface area contributed by atoms with Gasteiger partial charge in [0.15, 0.2) is 5.60 Å². The minimum Gasteiger partial charge on any atom is -0.456 e. The number of ether oxygens (including phenoxy) is 6. The van der Waals surface area contributed by atoms with Gasteiger partial charge in [-0.15, -0.1) is 0 Å². The Morgan fingerprint density at radius 2 is 1.34 bits per heavy atom. The molecule has 11 heteroatoms. The molecule has 2 aliphatic heterocycles. The Hall–Kier alpha value is -4.74. The lowest BCUT2D eigenvalue weighted by Gasteiger charge is -2.36. The van der Waals surface area contributed by atoms with E-state index >= 15 is 0 Å². The van der Waals surface area contributed by atoms with Gasteiger partial charge in [-0.3, -0.25) is 14.4 Å². The summed E-state index contributed by atoms with van der Waals surface area (Å²) in [6, 6.07) is 14.2. The number of benzene rings is 3. The van der Waals surface area contributed by atoms with E-state index < -0.39 is 23.5 Å². The number of carbonyl (C=O) groups is 4. The molecule has 0 fully saturated rings. The molecule has 0 radical (unpaired) electrons. The van der Waals surface area contributed by atoms with Gasteiger partial charge in [0.2, 0.25) is 0 Å². The van der Waals surface area contributed by atoms with Crippen molar-refractivity contribution in [1.82, 2.24) is 5.32 Å². The van der Waals surface area contributed by atoms with E-state index in [1.165, 1.54) is 51.7 Å². The van der Waals surface area contributed by atoms with E-state index in [1.54, 1.807) is 42.5 Å². The van der Waals surface area contributed by atoms with E-state index in [9.17, 15) is 19.2 Å². The van der Waals surface area contributed by atoms with Gasteiger partial charge in [-0.25, -0.2) is 4.79 Å². The first-order valence-electron chi connectivity index (χ1n) is 15.9. The second-order valence-electron chi connectivity index (χ2n) is 11.3. The summed E-state index contributed by atoms with van der Waals surface area (Å²) in [4.78, 5) is 49.9. The Labute approximate surface area is 273 Å². The summed E-state index contributed by atoms with van der Waals surface area (Å²) in [6.45, 7) is 7.00. The third-order valence-corrected chi connectivity index (χ3v) is 7.83. The molecular formula is C36H39NO10. The third-order valence-electron chi connectivity index (χ3n) is 7.83. The highest BCUT2D eigenvalue weighted by Gasteiger charge is 2.54. The highest BCUT2D eigenvalue weighted by molar-refractivity contribution is 6.00. The molecule has 1 spiro atoms. The lowest BCUT2D eigenvalue weighted by molar-refractivity contribution is -0.132. The highest BCUT2D eigenvalue weighted by Crippen LogP contribution is 2.57. The van der Waals surface area contributed by atoms with Crippen molar-refractivity contribution in [3.05, 3.63) is 82.4 Å². The number of amides is 1. The first kappa shape index (κ1) is 33.6. The number of hydrogen-bond acceptors (Lipinski definition) is 10. The van der Waals surface area contributed by atoms with E-state index in [0.717, 1.165) is 13.0 Å². The lowest BCUT2D eigenvalue weighted by atomic mass is 9.77. The Morgan fingerprint density at radius 1 is 0.723 bits per heavy atom. The van der Waals surface area contributed by atoms with Crippen molar-refractivity contribution in [2.24, 2.45) is 0 Å². The molecule has 0 bridgehead atoms. The van der Waals surface area contributed by atoms with Crippen molar-refractivity contribution < 1.29 is 47.6 Å². The number of hydrogen-bond donors (Lipinski definition) is 1. The van der Waals surface area contributed by atoms with E-state index in [-0.39, 0.29) is 41.0 Å². The monoisotopic (exact) mass is 645 g/mol. The van der Waals surface area contributed by atoms with Crippen LogP contribution in [0.1, 0.15) is 90.3 Å². The van der Waals surface area contributed by atoms with Gasteiger partial charge in [-0.05, 0) is 48.9 Å². The molecule has 1 N–H and O–H groups in total. The largest absolute Gasteiger partial charge is 0.456 e. The molecule has 0 saturated heterocycles. The standard InChI is InChI=1S/C36H39NO10/c1-4-5-6-7-8-16-42-18-19-43-17-15-37-34(40)25-9-12-28-31(20-25)36(47-35(28)41)29-13-10-26(44-23(2)38)21-32(29)46-33-22-27(45-24(3)39)11-14-30(33)36/h9-14,20-22H,4-8,15-19H2,1-3H3,(H,37,40). The molecule has 1 amide bonds. The number of esters is 3. The minimum absolute atomic E-state index is 0.222. The summed E-state index contributed by atoms with van der Waals surface area (Å²) in [6.07, 6.45) is 5.92.